The number of carboxylic acid groups (broad SMARTS) is 1. The van der Waals surface area contributed by atoms with Crippen molar-refractivity contribution >= 4 is 17.6 Å². The molecule has 14 heavy (non-hydrogen) atoms. The third kappa shape index (κ3) is 2.74. The first-order chi connectivity index (χ1) is 6.50. The molecule has 1 unspecified atom stereocenters. The van der Waals surface area contributed by atoms with Crippen LogP contribution in [0.25, 0.3) is 0 Å². The zero-order valence-electron chi connectivity index (χ0n) is 8.25. The highest BCUT2D eigenvalue weighted by molar-refractivity contribution is 6.31. The van der Waals surface area contributed by atoms with Crippen LogP contribution in [0.5, 0.6) is 0 Å². The Morgan fingerprint density at radius 1 is 1.57 bits per heavy atom. The topological polar surface area (TPSA) is 37.3 Å². The zero-order chi connectivity index (χ0) is 10.7. The second-order valence-corrected chi connectivity index (χ2v) is 3.93. The first-order valence-corrected chi connectivity index (χ1v) is 4.86. The fraction of sp³-hybridized carbons (Fsp3) is 0.364. The van der Waals surface area contributed by atoms with Crippen molar-refractivity contribution in [2.75, 3.05) is 0 Å². The Hall–Kier alpha value is -1.02. The minimum absolute atomic E-state index is 0.367. The summed E-state index contributed by atoms with van der Waals surface area (Å²) in [6.07, 6.45) is 0.523. The van der Waals surface area contributed by atoms with E-state index < -0.39 is 5.97 Å². The van der Waals surface area contributed by atoms with Crippen LogP contribution in [0.4, 0.5) is 0 Å². The van der Waals surface area contributed by atoms with E-state index in [1.807, 2.05) is 25.1 Å². The van der Waals surface area contributed by atoms with Crippen molar-refractivity contribution in [3.8, 4) is 0 Å². The molecule has 3 heteroatoms. The van der Waals surface area contributed by atoms with Crippen LogP contribution in [-0.4, -0.2) is 11.1 Å². The molecule has 0 saturated heterocycles. The summed E-state index contributed by atoms with van der Waals surface area (Å²) >= 11 is 5.93. The smallest absolute Gasteiger partial charge is 0.306 e. The highest BCUT2D eigenvalue weighted by Crippen LogP contribution is 2.18. The number of aryl methyl sites for hydroxylation is 1. The van der Waals surface area contributed by atoms with Crippen LogP contribution in [0.15, 0.2) is 18.2 Å². The molecule has 0 saturated carbocycles. The van der Waals surface area contributed by atoms with Gasteiger partial charge in [0.2, 0.25) is 0 Å². The molecule has 0 amide bonds. The van der Waals surface area contributed by atoms with Crippen LogP contribution in [0.2, 0.25) is 5.02 Å². The molecule has 1 N–H and O–H groups in total. The lowest BCUT2D eigenvalue weighted by Gasteiger charge is -2.07. The second-order valence-electron chi connectivity index (χ2n) is 3.53. The van der Waals surface area contributed by atoms with E-state index >= 15 is 0 Å². The summed E-state index contributed by atoms with van der Waals surface area (Å²) in [4.78, 5) is 10.6. The standard InChI is InChI=1S/C11H13ClO2/c1-7-3-4-9(6-10(7)12)5-8(2)11(13)14/h3-4,6,8H,5H2,1-2H3,(H,13,14). The summed E-state index contributed by atoms with van der Waals surface area (Å²) in [7, 11) is 0. The molecule has 0 aromatic heterocycles. The molecule has 0 aliphatic rings. The van der Waals surface area contributed by atoms with Crippen molar-refractivity contribution in [2.24, 2.45) is 5.92 Å². The summed E-state index contributed by atoms with van der Waals surface area (Å²) in [5.74, 6) is -1.14. The summed E-state index contributed by atoms with van der Waals surface area (Å²) in [6.45, 7) is 3.61. The number of hydrogen-bond donors (Lipinski definition) is 1. The first kappa shape index (κ1) is 11.1. The van der Waals surface area contributed by atoms with E-state index in [-0.39, 0.29) is 5.92 Å². The predicted octanol–water partition coefficient (Wildman–Crippen LogP) is 2.91. The Balaban J connectivity index is 2.78. The zero-order valence-corrected chi connectivity index (χ0v) is 9.01. The van der Waals surface area contributed by atoms with Gasteiger partial charge in [0.15, 0.2) is 0 Å². The third-order valence-electron chi connectivity index (χ3n) is 2.20. The van der Waals surface area contributed by atoms with Crippen molar-refractivity contribution in [1.29, 1.82) is 0 Å². The van der Waals surface area contributed by atoms with Gasteiger partial charge in [-0.3, -0.25) is 4.79 Å². The van der Waals surface area contributed by atoms with Gasteiger partial charge < -0.3 is 5.11 Å². The molecule has 0 aliphatic heterocycles. The van der Waals surface area contributed by atoms with Crippen LogP contribution in [0, 0.1) is 12.8 Å². The van der Waals surface area contributed by atoms with Gasteiger partial charge in [-0.15, -0.1) is 0 Å². The molecular weight excluding hydrogens is 200 g/mol. The van der Waals surface area contributed by atoms with Crippen LogP contribution in [-0.2, 0) is 11.2 Å². The largest absolute Gasteiger partial charge is 0.481 e. The van der Waals surface area contributed by atoms with Crippen LogP contribution in [0.1, 0.15) is 18.1 Å². The fourth-order valence-corrected chi connectivity index (χ4v) is 1.41. The maximum Gasteiger partial charge on any atom is 0.306 e. The number of rotatable bonds is 3. The number of carbonyl (C=O) groups is 1. The predicted molar refractivity (Wildman–Crippen MR) is 56.7 cm³/mol. The molecule has 0 heterocycles. The van der Waals surface area contributed by atoms with Crippen molar-refractivity contribution in [3.63, 3.8) is 0 Å². The number of benzene rings is 1. The maximum absolute atomic E-state index is 10.6. The van der Waals surface area contributed by atoms with Gasteiger partial charge in [0.25, 0.3) is 0 Å². The number of carboxylic acids is 1. The molecule has 0 bridgehead atoms. The van der Waals surface area contributed by atoms with Crippen LogP contribution < -0.4 is 0 Å². The van der Waals surface area contributed by atoms with Gasteiger partial charge in [-0.25, -0.2) is 0 Å². The SMILES string of the molecule is Cc1ccc(CC(C)C(=O)O)cc1Cl. The first-order valence-electron chi connectivity index (χ1n) is 4.48. The monoisotopic (exact) mass is 212 g/mol. The number of hydrogen-bond acceptors (Lipinski definition) is 1. The van der Waals surface area contributed by atoms with E-state index in [2.05, 4.69) is 0 Å². The van der Waals surface area contributed by atoms with Crippen molar-refractivity contribution in [2.45, 2.75) is 20.3 Å². The highest BCUT2D eigenvalue weighted by atomic mass is 35.5. The molecule has 1 atom stereocenters. The lowest BCUT2D eigenvalue weighted by Crippen LogP contribution is -2.12. The normalized spacial score (nSPS) is 12.5. The molecule has 2 nitrogen and oxygen atoms in total. The van der Waals surface area contributed by atoms with E-state index in [9.17, 15) is 4.79 Å². The molecule has 0 fully saturated rings. The van der Waals surface area contributed by atoms with Crippen molar-refractivity contribution < 1.29 is 9.90 Å². The molecule has 0 aliphatic carbocycles. The summed E-state index contributed by atoms with van der Waals surface area (Å²) in [5.41, 5.74) is 1.98. The van der Waals surface area contributed by atoms with Gasteiger partial charge in [-0.1, -0.05) is 30.7 Å². The summed E-state index contributed by atoms with van der Waals surface area (Å²) in [6, 6.07) is 5.66. The van der Waals surface area contributed by atoms with Crippen LogP contribution >= 0.6 is 11.6 Å². The Morgan fingerprint density at radius 2 is 2.21 bits per heavy atom. The van der Waals surface area contributed by atoms with Gasteiger partial charge in [0.1, 0.15) is 0 Å². The fourth-order valence-electron chi connectivity index (χ4n) is 1.20. The highest BCUT2D eigenvalue weighted by Gasteiger charge is 2.11. The van der Waals surface area contributed by atoms with E-state index in [4.69, 9.17) is 16.7 Å². The van der Waals surface area contributed by atoms with Gasteiger partial charge in [0.05, 0.1) is 5.92 Å². The van der Waals surface area contributed by atoms with E-state index in [0.29, 0.717) is 11.4 Å². The van der Waals surface area contributed by atoms with Gasteiger partial charge in [0, 0.05) is 5.02 Å². The average molecular weight is 213 g/mol. The van der Waals surface area contributed by atoms with E-state index in [1.165, 1.54) is 0 Å². The summed E-state index contributed by atoms with van der Waals surface area (Å²) < 4.78 is 0. The Morgan fingerprint density at radius 3 is 2.71 bits per heavy atom. The molecule has 76 valence electrons. The minimum Gasteiger partial charge on any atom is -0.481 e. The number of halogens is 1. The molecular formula is C11H13ClO2. The molecule has 0 radical (unpaired) electrons. The van der Waals surface area contributed by atoms with Gasteiger partial charge in [-0.2, -0.15) is 0 Å². The quantitative estimate of drug-likeness (QED) is 0.837. The number of aliphatic carboxylic acids is 1. The Labute approximate surface area is 88.5 Å². The lowest BCUT2D eigenvalue weighted by atomic mass is 10.0. The molecule has 1 aromatic carbocycles. The second kappa shape index (κ2) is 4.47. The lowest BCUT2D eigenvalue weighted by molar-refractivity contribution is -0.141. The van der Waals surface area contributed by atoms with Crippen molar-refractivity contribution in [1.82, 2.24) is 0 Å². The van der Waals surface area contributed by atoms with Crippen LogP contribution in [0.3, 0.4) is 0 Å². The Bertz CT molecular complexity index is 347. The summed E-state index contributed by atoms with van der Waals surface area (Å²) in [5, 5.41) is 9.43. The maximum atomic E-state index is 10.6. The van der Waals surface area contributed by atoms with E-state index in [0.717, 1.165) is 11.1 Å². The van der Waals surface area contributed by atoms with Crippen molar-refractivity contribution in [3.05, 3.63) is 34.3 Å². The Kier molecular flexibility index (Phi) is 3.53. The van der Waals surface area contributed by atoms with E-state index in [1.54, 1.807) is 6.92 Å². The van der Waals surface area contributed by atoms with Gasteiger partial charge >= 0.3 is 5.97 Å². The average Bonchev–Trinajstić information content (AvgIpc) is 2.11. The molecule has 1 aromatic rings. The molecule has 1 rings (SSSR count). The third-order valence-corrected chi connectivity index (χ3v) is 2.61. The molecule has 0 spiro atoms. The minimum atomic E-state index is -0.776. The van der Waals surface area contributed by atoms with Gasteiger partial charge in [-0.05, 0) is 30.5 Å².